The van der Waals surface area contributed by atoms with Gasteiger partial charge in [-0.1, -0.05) is 50.6 Å². The van der Waals surface area contributed by atoms with E-state index in [1.807, 2.05) is 0 Å². The third-order valence-electron chi connectivity index (χ3n) is 3.10. The number of ether oxygens (including phenoxy) is 1. The number of benzene rings is 1. The highest BCUT2D eigenvalue weighted by Crippen LogP contribution is 2.22. The van der Waals surface area contributed by atoms with Gasteiger partial charge in [-0.05, 0) is 31.9 Å². The van der Waals surface area contributed by atoms with Crippen LogP contribution in [0.15, 0.2) is 30.3 Å². The fourth-order valence-corrected chi connectivity index (χ4v) is 2.27. The molecule has 0 spiro atoms. The van der Waals surface area contributed by atoms with Crippen molar-refractivity contribution >= 4 is 0 Å². The summed E-state index contributed by atoms with van der Waals surface area (Å²) < 4.78 is 5.93. The molecular formula is C16H27NO. The van der Waals surface area contributed by atoms with Crippen LogP contribution < -0.4 is 5.32 Å². The summed E-state index contributed by atoms with van der Waals surface area (Å²) in [5, 5.41) is 3.63. The third kappa shape index (κ3) is 4.79. The molecule has 0 fully saturated rings. The summed E-state index contributed by atoms with van der Waals surface area (Å²) in [7, 11) is 0. The number of hydrogen-bond acceptors (Lipinski definition) is 2. The number of nitrogens with one attached hydrogen (secondary N) is 1. The molecule has 0 saturated heterocycles. The van der Waals surface area contributed by atoms with Crippen LogP contribution in [0.4, 0.5) is 0 Å². The van der Waals surface area contributed by atoms with Crippen molar-refractivity contribution in [3.63, 3.8) is 0 Å². The molecule has 0 aliphatic heterocycles. The smallest absolute Gasteiger partial charge is 0.0769 e. The predicted molar refractivity (Wildman–Crippen MR) is 77.8 cm³/mol. The molecule has 2 unspecified atom stereocenters. The summed E-state index contributed by atoms with van der Waals surface area (Å²) in [5.74, 6) is 0. The minimum Gasteiger partial charge on any atom is -0.377 e. The fourth-order valence-electron chi connectivity index (χ4n) is 2.27. The summed E-state index contributed by atoms with van der Waals surface area (Å²) >= 11 is 0. The van der Waals surface area contributed by atoms with Gasteiger partial charge in [-0.25, -0.2) is 0 Å². The monoisotopic (exact) mass is 249 g/mol. The van der Waals surface area contributed by atoms with Crippen molar-refractivity contribution in [3.8, 4) is 0 Å². The van der Waals surface area contributed by atoms with Gasteiger partial charge in [0.25, 0.3) is 0 Å². The first-order valence-corrected chi connectivity index (χ1v) is 7.23. The zero-order chi connectivity index (χ0) is 13.2. The molecule has 1 aromatic carbocycles. The largest absolute Gasteiger partial charge is 0.377 e. The van der Waals surface area contributed by atoms with E-state index >= 15 is 0 Å². The Labute approximate surface area is 112 Å². The van der Waals surface area contributed by atoms with Gasteiger partial charge in [-0.2, -0.15) is 0 Å². The van der Waals surface area contributed by atoms with E-state index in [0.29, 0.717) is 6.04 Å². The highest BCUT2D eigenvalue weighted by molar-refractivity contribution is 5.20. The van der Waals surface area contributed by atoms with Crippen LogP contribution in [0.3, 0.4) is 0 Å². The lowest BCUT2D eigenvalue weighted by Gasteiger charge is -2.28. The molecule has 0 aliphatic rings. The van der Waals surface area contributed by atoms with E-state index in [1.54, 1.807) is 0 Å². The summed E-state index contributed by atoms with van der Waals surface area (Å²) in [6.07, 6.45) is 3.68. The molecule has 18 heavy (non-hydrogen) atoms. The Morgan fingerprint density at radius 2 is 1.78 bits per heavy atom. The van der Waals surface area contributed by atoms with Crippen molar-refractivity contribution in [2.45, 2.75) is 52.2 Å². The maximum Gasteiger partial charge on any atom is 0.0769 e. The van der Waals surface area contributed by atoms with E-state index in [-0.39, 0.29) is 6.10 Å². The molecule has 0 amide bonds. The minimum absolute atomic E-state index is 0.272. The standard InChI is InChI=1S/C16H27NO/c1-4-10-15(18-6-3)16(17-13-5-2)14-11-8-7-9-12-14/h7-9,11-12,15-17H,4-6,10,13H2,1-3H3. The van der Waals surface area contributed by atoms with Gasteiger partial charge in [0.1, 0.15) is 0 Å². The number of hydrogen-bond donors (Lipinski definition) is 1. The molecule has 1 N–H and O–H groups in total. The first-order valence-electron chi connectivity index (χ1n) is 7.23. The molecule has 102 valence electrons. The third-order valence-corrected chi connectivity index (χ3v) is 3.10. The van der Waals surface area contributed by atoms with E-state index < -0.39 is 0 Å². The van der Waals surface area contributed by atoms with Gasteiger partial charge < -0.3 is 10.1 Å². The van der Waals surface area contributed by atoms with E-state index in [9.17, 15) is 0 Å². The molecule has 0 aliphatic carbocycles. The Morgan fingerprint density at radius 1 is 1.06 bits per heavy atom. The lowest BCUT2D eigenvalue weighted by molar-refractivity contribution is 0.0276. The summed E-state index contributed by atoms with van der Waals surface area (Å²) in [5.41, 5.74) is 1.33. The van der Waals surface area contributed by atoms with Crippen LogP contribution in [0.2, 0.25) is 0 Å². The topological polar surface area (TPSA) is 21.3 Å². The van der Waals surface area contributed by atoms with Crippen LogP contribution in [0.25, 0.3) is 0 Å². The molecule has 0 bridgehead atoms. The molecule has 0 radical (unpaired) electrons. The molecule has 2 heteroatoms. The lowest BCUT2D eigenvalue weighted by Crippen LogP contribution is -2.34. The Hall–Kier alpha value is -0.860. The SMILES string of the molecule is CCCNC(c1ccccc1)C(CCC)OCC. The Morgan fingerprint density at radius 3 is 2.33 bits per heavy atom. The van der Waals surface area contributed by atoms with E-state index in [0.717, 1.165) is 32.4 Å². The lowest BCUT2D eigenvalue weighted by atomic mass is 9.98. The zero-order valence-electron chi connectivity index (χ0n) is 12.0. The first-order chi connectivity index (χ1) is 8.83. The second kappa shape index (κ2) is 9.12. The maximum atomic E-state index is 5.93. The molecule has 0 heterocycles. The van der Waals surface area contributed by atoms with Crippen molar-refractivity contribution in [2.75, 3.05) is 13.2 Å². The summed E-state index contributed by atoms with van der Waals surface area (Å²) in [6, 6.07) is 11.0. The van der Waals surface area contributed by atoms with Crippen molar-refractivity contribution in [2.24, 2.45) is 0 Å². The van der Waals surface area contributed by atoms with Crippen molar-refractivity contribution in [3.05, 3.63) is 35.9 Å². The molecule has 1 aromatic rings. The Bertz CT molecular complexity index is 293. The van der Waals surface area contributed by atoms with Crippen LogP contribution in [-0.2, 0) is 4.74 Å². The van der Waals surface area contributed by atoms with E-state index in [2.05, 4.69) is 56.4 Å². The van der Waals surface area contributed by atoms with Gasteiger partial charge in [0.15, 0.2) is 0 Å². The second-order valence-corrected chi connectivity index (χ2v) is 4.62. The van der Waals surface area contributed by atoms with Crippen molar-refractivity contribution in [1.29, 1.82) is 0 Å². The maximum absolute atomic E-state index is 5.93. The molecule has 1 rings (SSSR count). The van der Waals surface area contributed by atoms with Gasteiger partial charge in [-0.3, -0.25) is 0 Å². The molecule has 0 aromatic heterocycles. The van der Waals surface area contributed by atoms with Crippen LogP contribution in [0.5, 0.6) is 0 Å². The minimum atomic E-state index is 0.272. The zero-order valence-corrected chi connectivity index (χ0v) is 12.0. The van der Waals surface area contributed by atoms with Crippen LogP contribution in [0.1, 0.15) is 51.6 Å². The van der Waals surface area contributed by atoms with Gasteiger partial charge in [0.2, 0.25) is 0 Å². The molecule has 0 saturated carbocycles. The van der Waals surface area contributed by atoms with Crippen LogP contribution in [0, 0.1) is 0 Å². The van der Waals surface area contributed by atoms with Crippen molar-refractivity contribution in [1.82, 2.24) is 5.32 Å². The average Bonchev–Trinajstić information content (AvgIpc) is 2.41. The molecule has 2 nitrogen and oxygen atoms in total. The van der Waals surface area contributed by atoms with Crippen molar-refractivity contribution < 1.29 is 4.74 Å². The van der Waals surface area contributed by atoms with Crippen LogP contribution in [-0.4, -0.2) is 19.3 Å². The highest BCUT2D eigenvalue weighted by atomic mass is 16.5. The Kier molecular flexibility index (Phi) is 7.70. The Balaban J connectivity index is 2.80. The van der Waals surface area contributed by atoms with Gasteiger partial charge >= 0.3 is 0 Å². The van der Waals surface area contributed by atoms with Gasteiger partial charge in [-0.15, -0.1) is 0 Å². The molecule has 2 atom stereocenters. The first kappa shape index (κ1) is 15.2. The highest BCUT2D eigenvalue weighted by Gasteiger charge is 2.21. The quantitative estimate of drug-likeness (QED) is 0.716. The average molecular weight is 249 g/mol. The van der Waals surface area contributed by atoms with Gasteiger partial charge in [0, 0.05) is 6.61 Å². The summed E-state index contributed by atoms with van der Waals surface area (Å²) in [6.45, 7) is 8.30. The van der Waals surface area contributed by atoms with E-state index in [4.69, 9.17) is 4.74 Å². The fraction of sp³-hybridized carbons (Fsp3) is 0.625. The molecular weight excluding hydrogens is 222 g/mol. The van der Waals surface area contributed by atoms with Gasteiger partial charge in [0.05, 0.1) is 12.1 Å². The normalized spacial score (nSPS) is 14.4. The number of rotatable bonds is 9. The van der Waals surface area contributed by atoms with E-state index in [1.165, 1.54) is 5.56 Å². The summed E-state index contributed by atoms with van der Waals surface area (Å²) in [4.78, 5) is 0. The second-order valence-electron chi connectivity index (χ2n) is 4.62. The van der Waals surface area contributed by atoms with Crippen LogP contribution >= 0.6 is 0 Å². The predicted octanol–water partition coefficient (Wildman–Crippen LogP) is 3.93.